The van der Waals surface area contributed by atoms with Gasteiger partial charge < -0.3 is 15.4 Å². The standard InChI is InChI=1S/C22H22ClN3O2/c1-2-28-20-8-6-18(7-9-20)26-19-11-13-24-21(15-19)22(27)25-12-10-16-4-3-5-17(23)14-16/h3-9,11,13-15H,2,10,12H2,1H3,(H,24,26)(H,25,27). The molecule has 0 aliphatic rings. The molecule has 2 N–H and O–H groups in total. The molecule has 0 aliphatic heterocycles. The van der Waals surface area contributed by atoms with Gasteiger partial charge in [0.25, 0.3) is 5.91 Å². The van der Waals surface area contributed by atoms with Crippen molar-refractivity contribution in [3.8, 4) is 5.75 Å². The molecule has 1 aromatic heterocycles. The first-order valence-electron chi connectivity index (χ1n) is 9.12. The van der Waals surface area contributed by atoms with Crippen LogP contribution in [0.2, 0.25) is 5.02 Å². The molecule has 0 unspecified atom stereocenters. The van der Waals surface area contributed by atoms with Crippen molar-refractivity contribution in [3.63, 3.8) is 0 Å². The molecular weight excluding hydrogens is 374 g/mol. The molecule has 0 spiro atoms. The molecule has 28 heavy (non-hydrogen) atoms. The van der Waals surface area contributed by atoms with Gasteiger partial charge in [0.1, 0.15) is 11.4 Å². The highest BCUT2D eigenvalue weighted by atomic mass is 35.5. The van der Waals surface area contributed by atoms with Crippen LogP contribution in [0.3, 0.4) is 0 Å². The zero-order valence-electron chi connectivity index (χ0n) is 15.6. The molecule has 3 rings (SSSR count). The van der Waals surface area contributed by atoms with E-state index in [0.29, 0.717) is 30.3 Å². The molecule has 0 fully saturated rings. The summed E-state index contributed by atoms with van der Waals surface area (Å²) in [5.41, 5.74) is 3.13. The first-order chi connectivity index (χ1) is 13.6. The fraction of sp³-hybridized carbons (Fsp3) is 0.182. The summed E-state index contributed by atoms with van der Waals surface area (Å²) in [4.78, 5) is 16.5. The topological polar surface area (TPSA) is 63.2 Å². The molecule has 0 saturated heterocycles. The number of amides is 1. The lowest BCUT2D eigenvalue weighted by Gasteiger charge is -2.10. The molecule has 1 amide bonds. The number of nitrogens with zero attached hydrogens (tertiary/aromatic N) is 1. The Kier molecular flexibility index (Phi) is 6.87. The molecule has 0 aliphatic carbocycles. The van der Waals surface area contributed by atoms with Gasteiger partial charge in [-0.2, -0.15) is 0 Å². The van der Waals surface area contributed by atoms with Gasteiger partial charge in [-0.3, -0.25) is 9.78 Å². The SMILES string of the molecule is CCOc1ccc(Nc2ccnc(C(=O)NCCc3cccc(Cl)c3)c2)cc1. The number of hydrogen-bond acceptors (Lipinski definition) is 4. The van der Waals surface area contributed by atoms with Gasteiger partial charge in [-0.1, -0.05) is 23.7 Å². The van der Waals surface area contributed by atoms with Crippen LogP contribution in [0.15, 0.2) is 66.9 Å². The number of carbonyl (C=O) groups is 1. The number of carbonyl (C=O) groups excluding carboxylic acids is 1. The van der Waals surface area contributed by atoms with Gasteiger partial charge in [-0.15, -0.1) is 0 Å². The molecule has 6 heteroatoms. The third-order valence-corrected chi connectivity index (χ3v) is 4.27. The summed E-state index contributed by atoms with van der Waals surface area (Å²) in [6.07, 6.45) is 2.32. The van der Waals surface area contributed by atoms with Gasteiger partial charge in [0, 0.05) is 29.1 Å². The van der Waals surface area contributed by atoms with Crippen molar-refractivity contribution in [2.75, 3.05) is 18.5 Å². The lowest BCUT2D eigenvalue weighted by Crippen LogP contribution is -2.26. The maximum absolute atomic E-state index is 12.4. The maximum Gasteiger partial charge on any atom is 0.269 e. The van der Waals surface area contributed by atoms with E-state index in [1.165, 1.54) is 0 Å². The molecule has 0 atom stereocenters. The lowest BCUT2D eigenvalue weighted by atomic mass is 10.1. The predicted octanol–water partition coefficient (Wildman–Crippen LogP) is 4.85. The van der Waals surface area contributed by atoms with Gasteiger partial charge in [0.15, 0.2) is 0 Å². The Bertz CT molecular complexity index is 929. The van der Waals surface area contributed by atoms with Crippen molar-refractivity contribution in [2.24, 2.45) is 0 Å². The molecular formula is C22H22ClN3O2. The van der Waals surface area contributed by atoms with E-state index in [0.717, 1.165) is 22.7 Å². The van der Waals surface area contributed by atoms with Crippen molar-refractivity contribution in [1.29, 1.82) is 0 Å². The Morgan fingerprint density at radius 1 is 1.07 bits per heavy atom. The van der Waals surface area contributed by atoms with Gasteiger partial charge in [0.2, 0.25) is 0 Å². The van der Waals surface area contributed by atoms with Crippen molar-refractivity contribution in [2.45, 2.75) is 13.3 Å². The van der Waals surface area contributed by atoms with Gasteiger partial charge in [-0.25, -0.2) is 0 Å². The molecule has 144 valence electrons. The second-order valence-corrected chi connectivity index (χ2v) is 6.58. The highest BCUT2D eigenvalue weighted by Crippen LogP contribution is 2.20. The van der Waals surface area contributed by atoms with E-state index in [4.69, 9.17) is 16.3 Å². The Morgan fingerprint density at radius 2 is 1.89 bits per heavy atom. The van der Waals surface area contributed by atoms with Gasteiger partial charge in [0.05, 0.1) is 6.61 Å². The van der Waals surface area contributed by atoms with Crippen LogP contribution in [0, 0.1) is 0 Å². The Labute approximate surface area is 169 Å². The Hall–Kier alpha value is -3.05. The molecule has 0 bridgehead atoms. The number of aromatic nitrogens is 1. The van der Waals surface area contributed by atoms with Crippen molar-refractivity contribution < 1.29 is 9.53 Å². The summed E-state index contributed by atoms with van der Waals surface area (Å²) in [7, 11) is 0. The highest BCUT2D eigenvalue weighted by Gasteiger charge is 2.08. The smallest absolute Gasteiger partial charge is 0.269 e. The zero-order valence-corrected chi connectivity index (χ0v) is 16.4. The summed E-state index contributed by atoms with van der Waals surface area (Å²) in [5.74, 6) is 0.611. The number of ether oxygens (including phenoxy) is 1. The number of pyridine rings is 1. The average Bonchev–Trinajstić information content (AvgIpc) is 2.70. The van der Waals surface area contributed by atoms with E-state index in [1.807, 2.05) is 61.5 Å². The Morgan fingerprint density at radius 3 is 2.64 bits per heavy atom. The number of halogens is 1. The van der Waals surface area contributed by atoms with Crippen LogP contribution in [0.25, 0.3) is 0 Å². The first kappa shape index (κ1) is 19.7. The maximum atomic E-state index is 12.4. The largest absolute Gasteiger partial charge is 0.494 e. The van der Waals surface area contributed by atoms with Crippen LogP contribution in [-0.2, 0) is 6.42 Å². The molecule has 3 aromatic rings. The van der Waals surface area contributed by atoms with Crippen molar-refractivity contribution in [1.82, 2.24) is 10.3 Å². The summed E-state index contributed by atoms with van der Waals surface area (Å²) in [5, 5.41) is 6.85. The summed E-state index contributed by atoms with van der Waals surface area (Å²) in [6, 6.07) is 18.8. The van der Waals surface area contributed by atoms with Crippen LogP contribution in [0.1, 0.15) is 23.0 Å². The lowest BCUT2D eigenvalue weighted by molar-refractivity contribution is 0.0949. The fourth-order valence-corrected chi connectivity index (χ4v) is 2.92. The van der Waals surface area contributed by atoms with Gasteiger partial charge in [-0.05, 0) is 67.4 Å². The number of rotatable bonds is 8. The molecule has 1 heterocycles. The van der Waals surface area contributed by atoms with Crippen molar-refractivity contribution in [3.05, 3.63) is 83.1 Å². The fourth-order valence-electron chi connectivity index (χ4n) is 2.70. The number of hydrogen-bond donors (Lipinski definition) is 2. The molecule has 2 aromatic carbocycles. The van der Waals surface area contributed by atoms with Crippen LogP contribution >= 0.6 is 11.6 Å². The molecule has 5 nitrogen and oxygen atoms in total. The first-order valence-corrected chi connectivity index (χ1v) is 9.50. The van der Waals surface area contributed by atoms with E-state index in [9.17, 15) is 4.79 Å². The normalized spacial score (nSPS) is 10.4. The predicted molar refractivity (Wildman–Crippen MR) is 113 cm³/mol. The van der Waals surface area contributed by atoms with Crippen molar-refractivity contribution >= 4 is 28.9 Å². The van der Waals surface area contributed by atoms with Crippen LogP contribution in [0.4, 0.5) is 11.4 Å². The number of benzene rings is 2. The van der Waals surface area contributed by atoms with E-state index in [2.05, 4.69) is 15.6 Å². The minimum Gasteiger partial charge on any atom is -0.494 e. The molecule has 0 saturated carbocycles. The van der Waals surface area contributed by atoms with Crippen LogP contribution < -0.4 is 15.4 Å². The van der Waals surface area contributed by atoms with E-state index < -0.39 is 0 Å². The third kappa shape index (κ3) is 5.72. The third-order valence-electron chi connectivity index (χ3n) is 4.03. The number of anilines is 2. The zero-order chi connectivity index (χ0) is 19.8. The minimum absolute atomic E-state index is 0.211. The van der Waals surface area contributed by atoms with E-state index in [-0.39, 0.29) is 5.91 Å². The quantitative estimate of drug-likeness (QED) is 0.572. The Balaban J connectivity index is 1.56. The summed E-state index contributed by atoms with van der Waals surface area (Å²) >= 11 is 5.98. The van der Waals surface area contributed by atoms with Gasteiger partial charge >= 0.3 is 0 Å². The van der Waals surface area contributed by atoms with Crippen LogP contribution in [0.5, 0.6) is 5.75 Å². The molecule has 0 radical (unpaired) electrons. The van der Waals surface area contributed by atoms with E-state index in [1.54, 1.807) is 12.3 Å². The van der Waals surface area contributed by atoms with E-state index >= 15 is 0 Å². The summed E-state index contributed by atoms with van der Waals surface area (Å²) in [6.45, 7) is 3.09. The monoisotopic (exact) mass is 395 g/mol. The minimum atomic E-state index is -0.211. The highest BCUT2D eigenvalue weighted by molar-refractivity contribution is 6.30. The number of nitrogens with one attached hydrogen (secondary N) is 2. The summed E-state index contributed by atoms with van der Waals surface area (Å²) < 4.78 is 5.44. The second kappa shape index (κ2) is 9.76. The van der Waals surface area contributed by atoms with Crippen LogP contribution in [-0.4, -0.2) is 24.0 Å². The second-order valence-electron chi connectivity index (χ2n) is 6.15. The average molecular weight is 396 g/mol.